The highest BCUT2D eigenvalue weighted by atomic mass is 127. The number of aliphatic imine (C=N–C) groups is 1. The third-order valence-electron chi connectivity index (χ3n) is 4.26. The largest absolute Gasteiger partial charge is 0.493 e. The molecule has 0 bridgehead atoms. The van der Waals surface area contributed by atoms with E-state index in [9.17, 15) is 0 Å². The van der Waals surface area contributed by atoms with Crippen LogP contribution in [0.15, 0.2) is 72.0 Å². The van der Waals surface area contributed by atoms with Gasteiger partial charge >= 0.3 is 0 Å². The van der Waals surface area contributed by atoms with Gasteiger partial charge in [0.2, 0.25) is 0 Å². The lowest BCUT2D eigenvalue weighted by molar-refractivity contribution is 0.379. The molecule has 1 heterocycles. The molecule has 0 aliphatic carbocycles. The molecule has 0 saturated heterocycles. The second-order valence-electron chi connectivity index (χ2n) is 6.36. The number of aryl methyl sites for hydroxylation is 1. The predicted octanol–water partition coefficient (Wildman–Crippen LogP) is 4.31. The molecular formula is C22H27IN4O2. The summed E-state index contributed by atoms with van der Waals surface area (Å²) in [7, 11) is 5.41. The molecule has 0 unspecified atom stereocenters. The van der Waals surface area contributed by atoms with Crippen LogP contribution in [0.3, 0.4) is 0 Å². The second-order valence-corrected chi connectivity index (χ2v) is 6.36. The highest BCUT2D eigenvalue weighted by Gasteiger charge is 2.05. The van der Waals surface area contributed by atoms with Gasteiger partial charge in [-0.15, -0.1) is 24.0 Å². The SMILES string of the molecule is CN=C(NCc1ccc(Oc2ccccc2OC)cc1)NCc1ccn(C)c1.I. The Bertz CT molecular complexity index is 923. The minimum absolute atomic E-state index is 0. The lowest BCUT2D eigenvalue weighted by Crippen LogP contribution is -2.36. The first-order chi connectivity index (χ1) is 13.7. The lowest BCUT2D eigenvalue weighted by atomic mass is 10.2. The minimum Gasteiger partial charge on any atom is -0.493 e. The van der Waals surface area contributed by atoms with Crippen LogP contribution in [0, 0.1) is 0 Å². The fourth-order valence-corrected chi connectivity index (χ4v) is 2.76. The minimum atomic E-state index is 0. The van der Waals surface area contributed by atoms with Gasteiger partial charge in [0, 0.05) is 39.6 Å². The van der Waals surface area contributed by atoms with Crippen molar-refractivity contribution < 1.29 is 9.47 Å². The Labute approximate surface area is 189 Å². The van der Waals surface area contributed by atoms with Crippen molar-refractivity contribution in [2.75, 3.05) is 14.2 Å². The van der Waals surface area contributed by atoms with Crippen LogP contribution >= 0.6 is 24.0 Å². The van der Waals surface area contributed by atoms with Crippen molar-refractivity contribution >= 4 is 29.9 Å². The van der Waals surface area contributed by atoms with Crippen molar-refractivity contribution in [3.63, 3.8) is 0 Å². The number of benzene rings is 2. The molecule has 0 radical (unpaired) electrons. The van der Waals surface area contributed by atoms with E-state index in [1.807, 2.05) is 66.3 Å². The first-order valence-electron chi connectivity index (χ1n) is 9.13. The fourth-order valence-electron chi connectivity index (χ4n) is 2.76. The average Bonchev–Trinajstić information content (AvgIpc) is 3.15. The molecule has 2 aromatic carbocycles. The Kier molecular flexibility index (Phi) is 8.85. The maximum absolute atomic E-state index is 5.91. The average molecular weight is 506 g/mol. The normalized spacial score (nSPS) is 10.8. The monoisotopic (exact) mass is 506 g/mol. The molecule has 0 spiro atoms. The van der Waals surface area contributed by atoms with E-state index in [2.05, 4.69) is 27.9 Å². The van der Waals surface area contributed by atoms with Crippen LogP contribution in [0.25, 0.3) is 0 Å². The van der Waals surface area contributed by atoms with Gasteiger partial charge in [-0.05, 0) is 41.5 Å². The number of hydrogen-bond donors (Lipinski definition) is 2. The first-order valence-corrected chi connectivity index (χ1v) is 9.13. The number of hydrogen-bond acceptors (Lipinski definition) is 3. The van der Waals surface area contributed by atoms with E-state index >= 15 is 0 Å². The maximum atomic E-state index is 5.91. The number of para-hydroxylation sites is 2. The zero-order valence-electron chi connectivity index (χ0n) is 16.9. The van der Waals surface area contributed by atoms with Crippen molar-refractivity contribution in [2.45, 2.75) is 13.1 Å². The molecule has 1 aromatic heterocycles. The molecule has 0 amide bonds. The van der Waals surface area contributed by atoms with Gasteiger partial charge in [0.1, 0.15) is 5.75 Å². The molecule has 0 fully saturated rings. The molecule has 7 heteroatoms. The summed E-state index contributed by atoms with van der Waals surface area (Å²) < 4.78 is 13.3. The Morgan fingerprint density at radius 1 is 0.931 bits per heavy atom. The number of nitrogens with one attached hydrogen (secondary N) is 2. The molecule has 3 rings (SSSR count). The van der Waals surface area contributed by atoms with Crippen LogP contribution in [0.2, 0.25) is 0 Å². The Balaban J connectivity index is 0.00000300. The van der Waals surface area contributed by atoms with Gasteiger partial charge in [-0.3, -0.25) is 4.99 Å². The molecule has 0 aliphatic heterocycles. The Morgan fingerprint density at radius 2 is 1.59 bits per heavy atom. The van der Waals surface area contributed by atoms with E-state index in [0.717, 1.165) is 23.8 Å². The summed E-state index contributed by atoms with van der Waals surface area (Å²) in [5.41, 5.74) is 2.35. The molecule has 3 aromatic rings. The number of ether oxygens (including phenoxy) is 2. The molecule has 29 heavy (non-hydrogen) atoms. The molecule has 0 aliphatic rings. The van der Waals surface area contributed by atoms with E-state index in [1.54, 1.807) is 14.2 Å². The van der Waals surface area contributed by atoms with Crippen molar-refractivity contribution in [3.05, 3.63) is 78.1 Å². The number of nitrogens with zero attached hydrogens (tertiary/aromatic N) is 2. The number of aromatic nitrogens is 1. The number of methoxy groups -OCH3 is 1. The van der Waals surface area contributed by atoms with Crippen LogP contribution in [-0.2, 0) is 20.1 Å². The molecule has 154 valence electrons. The van der Waals surface area contributed by atoms with Gasteiger partial charge in [0.25, 0.3) is 0 Å². The number of guanidine groups is 1. The third kappa shape index (κ3) is 6.70. The first kappa shape index (κ1) is 22.6. The van der Waals surface area contributed by atoms with Gasteiger partial charge in [-0.25, -0.2) is 0 Å². The van der Waals surface area contributed by atoms with E-state index in [4.69, 9.17) is 9.47 Å². The van der Waals surface area contributed by atoms with Crippen LogP contribution in [-0.4, -0.2) is 24.7 Å². The van der Waals surface area contributed by atoms with Crippen LogP contribution in [0.5, 0.6) is 17.2 Å². The van der Waals surface area contributed by atoms with E-state index in [-0.39, 0.29) is 24.0 Å². The van der Waals surface area contributed by atoms with Crippen molar-refractivity contribution in [1.82, 2.24) is 15.2 Å². The topological polar surface area (TPSA) is 59.8 Å². The van der Waals surface area contributed by atoms with Gasteiger partial charge in [-0.2, -0.15) is 0 Å². The maximum Gasteiger partial charge on any atom is 0.191 e. The summed E-state index contributed by atoms with van der Waals surface area (Å²) in [6.45, 7) is 1.40. The van der Waals surface area contributed by atoms with E-state index < -0.39 is 0 Å². The quantitative estimate of drug-likeness (QED) is 0.285. The fraction of sp³-hybridized carbons (Fsp3) is 0.227. The summed E-state index contributed by atoms with van der Waals surface area (Å²) in [4.78, 5) is 4.27. The zero-order chi connectivity index (χ0) is 19.8. The van der Waals surface area contributed by atoms with Gasteiger partial charge in [0.05, 0.1) is 7.11 Å². The molecule has 0 saturated carbocycles. The Morgan fingerprint density at radius 3 is 2.17 bits per heavy atom. The summed E-state index contributed by atoms with van der Waals surface area (Å²) in [5, 5.41) is 6.63. The molecule has 0 atom stereocenters. The van der Waals surface area contributed by atoms with Crippen molar-refractivity contribution in [2.24, 2.45) is 12.0 Å². The number of rotatable bonds is 7. The summed E-state index contributed by atoms with van der Waals surface area (Å²) >= 11 is 0. The summed E-state index contributed by atoms with van der Waals surface area (Å²) in [6, 6.07) is 17.6. The predicted molar refractivity (Wildman–Crippen MR) is 127 cm³/mol. The smallest absolute Gasteiger partial charge is 0.191 e. The van der Waals surface area contributed by atoms with Crippen LogP contribution < -0.4 is 20.1 Å². The summed E-state index contributed by atoms with van der Waals surface area (Å²) in [6.07, 6.45) is 4.11. The highest BCUT2D eigenvalue weighted by Crippen LogP contribution is 2.30. The van der Waals surface area contributed by atoms with E-state index in [0.29, 0.717) is 18.0 Å². The standard InChI is InChI=1S/C22H26N4O2.HI/c1-23-22(25-15-18-12-13-26(2)16-18)24-14-17-8-10-19(11-9-17)28-21-7-5-4-6-20(21)27-3;/h4-13,16H,14-15H2,1-3H3,(H2,23,24,25);1H. The highest BCUT2D eigenvalue weighted by molar-refractivity contribution is 14.0. The van der Waals surface area contributed by atoms with Gasteiger partial charge in [0.15, 0.2) is 17.5 Å². The molecule has 6 nitrogen and oxygen atoms in total. The van der Waals surface area contributed by atoms with Crippen molar-refractivity contribution in [1.29, 1.82) is 0 Å². The molecule has 2 N–H and O–H groups in total. The van der Waals surface area contributed by atoms with Crippen molar-refractivity contribution in [3.8, 4) is 17.2 Å². The van der Waals surface area contributed by atoms with Crippen LogP contribution in [0.4, 0.5) is 0 Å². The Hall–Kier alpha value is -2.68. The third-order valence-corrected chi connectivity index (χ3v) is 4.26. The summed E-state index contributed by atoms with van der Waals surface area (Å²) in [5.74, 6) is 2.93. The second kappa shape index (κ2) is 11.4. The zero-order valence-corrected chi connectivity index (χ0v) is 19.2. The van der Waals surface area contributed by atoms with Gasteiger partial charge < -0.3 is 24.7 Å². The van der Waals surface area contributed by atoms with E-state index in [1.165, 1.54) is 5.56 Å². The van der Waals surface area contributed by atoms with Gasteiger partial charge in [-0.1, -0.05) is 24.3 Å². The van der Waals surface area contributed by atoms with Crippen LogP contribution in [0.1, 0.15) is 11.1 Å². The lowest BCUT2D eigenvalue weighted by Gasteiger charge is -2.12. The number of halogens is 1. The molecular weight excluding hydrogens is 479 g/mol.